The largest absolute Gasteiger partial charge is 0.379 e. The molecule has 0 aromatic heterocycles. The molecule has 6 aliphatic carbocycles. The number of hydrogen-bond acceptors (Lipinski definition) is 4. The van der Waals surface area contributed by atoms with E-state index >= 15 is 0 Å². The Morgan fingerprint density at radius 3 is 2.19 bits per heavy atom. The minimum Gasteiger partial charge on any atom is -0.379 e. The first-order valence-electron chi connectivity index (χ1n) is 28.9. The second-order valence-corrected chi connectivity index (χ2v) is 23.2. The zero-order chi connectivity index (χ0) is 44.6. The van der Waals surface area contributed by atoms with Crippen LogP contribution in [0.3, 0.4) is 0 Å². The Bertz CT molecular complexity index is 1300. The lowest BCUT2D eigenvalue weighted by Crippen LogP contribution is -2.42. The van der Waals surface area contributed by atoms with Crippen molar-refractivity contribution >= 4 is 0 Å². The topological polar surface area (TPSA) is 36.9 Å². The Morgan fingerprint density at radius 1 is 0.609 bits per heavy atom. The number of hydrogen-bond donors (Lipinski definition) is 0. The Hall–Kier alpha value is -0.940. The van der Waals surface area contributed by atoms with Gasteiger partial charge in [0, 0.05) is 6.61 Å². The van der Waals surface area contributed by atoms with E-state index in [1.54, 1.807) is 5.57 Å². The standard InChI is InChI=1S/C60H104O4/c1-5-6-7-8-9-10-11-12-13-14-15-16-17-18-19-22-38-62-46-54(44-49-28-29-50-26-20-21-27-51(50)43-49)64-42-40-61-39-41-63-53-31-33-56-52(45-53)30-32-59-58(56)37-36-57-55(34-35-60(57)59)48(4)25-23-24-47(2)3/h9-10,12-13,30,47-51,53-60H,5-8,11,14-29,31-46H2,1-4H3/b10-9-,13-12-/t48-,49?,50?,51+,53+,54?,55-,56?,57?,58?,59?,60?/m1/s1. The molecule has 0 heterocycles. The van der Waals surface area contributed by atoms with E-state index in [0.29, 0.717) is 32.5 Å². The number of fused-ring (bicyclic) bond motifs is 6. The number of rotatable bonds is 32. The van der Waals surface area contributed by atoms with Crippen LogP contribution < -0.4 is 0 Å². The summed E-state index contributed by atoms with van der Waals surface area (Å²) in [5.41, 5.74) is 1.76. The summed E-state index contributed by atoms with van der Waals surface area (Å²) in [5.74, 6) is 10.3. The Morgan fingerprint density at radius 2 is 1.36 bits per heavy atom. The second-order valence-electron chi connectivity index (χ2n) is 23.2. The average Bonchev–Trinajstić information content (AvgIpc) is 3.75. The van der Waals surface area contributed by atoms with E-state index in [0.717, 1.165) is 91.2 Å². The summed E-state index contributed by atoms with van der Waals surface area (Å²) < 4.78 is 25.6. The molecule has 0 aromatic carbocycles. The van der Waals surface area contributed by atoms with Crippen molar-refractivity contribution in [2.75, 3.05) is 39.6 Å². The van der Waals surface area contributed by atoms with E-state index in [2.05, 4.69) is 58.1 Å². The number of ether oxygens (including phenoxy) is 4. The van der Waals surface area contributed by atoms with E-state index in [1.807, 2.05) is 0 Å². The number of allylic oxidation sites excluding steroid dienone is 5. The summed E-state index contributed by atoms with van der Waals surface area (Å²) in [4.78, 5) is 0. The first kappa shape index (κ1) is 52.4. The lowest BCUT2D eigenvalue weighted by atomic mass is 9.56. The smallest absolute Gasteiger partial charge is 0.0812 e. The quantitative estimate of drug-likeness (QED) is 0.0498. The number of unbranched alkanes of at least 4 members (excludes halogenated alkanes) is 9. The van der Waals surface area contributed by atoms with Crippen LogP contribution in [-0.4, -0.2) is 51.8 Å². The maximum absolute atomic E-state index is 6.57. The van der Waals surface area contributed by atoms with Crippen LogP contribution in [0.15, 0.2) is 36.0 Å². The summed E-state index contributed by atoms with van der Waals surface area (Å²) in [6.45, 7) is 14.0. The zero-order valence-electron chi connectivity index (χ0n) is 42.7. The van der Waals surface area contributed by atoms with Gasteiger partial charge >= 0.3 is 0 Å². The molecule has 0 saturated heterocycles. The minimum atomic E-state index is 0.196. The first-order chi connectivity index (χ1) is 31.5. The molecule has 0 aromatic rings. The molecule has 64 heavy (non-hydrogen) atoms. The summed E-state index contributed by atoms with van der Waals surface area (Å²) in [6.07, 6.45) is 54.9. The van der Waals surface area contributed by atoms with Gasteiger partial charge in [-0.1, -0.05) is 154 Å². The Labute approximate surface area is 397 Å². The lowest BCUT2D eigenvalue weighted by molar-refractivity contribution is -0.0624. The van der Waals surface area contributed by atoms with Crippen molar-refractivity contribution in [3.8, 4) is 0 Å². The highest BCUT2D eigenvalue weighted by atomic mass is 16.6. The van der Waals surface area contributed by atoms with Crippen molar-refractivity contribution in [3.05, 3.63) is 36.0 Å². The fourth-order valence-electron chi connectivity index (χ4n) is 14.6. The van der Waals surface area contributed by atoms with Crippen LogP contribution in [0.2, 0.25) is 0 Å². The predicted octanol–water partition coefficient (Wildman–Crippen LogP) is 16.9. The molecule has 5 saturated carbocycles. The van der Waals surface area contributed by atoms with Gasteiger partial charge in [-0.15, -0.1) is 0 Å². The molecule has 0 aliphatic heterocycles. The predicted molar refractivity (Wildman–Crippen MR) is 272 cm³/mol. The van der Waals surface area contributed by atoms with E-state index in [-0.39, 0.29) is 6.10 Å². The van der Waals surface area contributed by atoms with Crippen molar-refractivity contribution in [1.29, 1.82) is 0 Å². The molecule has 0 radical (unpaired) electrons. The third-order valence-corrected chi connectivity index (χ3v) is 18.1. The van der Waals surface area contributed by atoms with Gasteiger partial charge in [0.1, 0.15) is 0 Å². The Balaban J connectivity index is 0.813. The maximum atomic E-state index is 6.57. The molecule has 0 bridgehead atoms. The van der Waals surface area contributed by atoms with Crippen molar-refractivity contribution in [2.45, 2.75) is 239 Å². The van der Waals surface area contributed by atoms with Crippen molar-refractivity contribution in [1.82, 2.24) is 0 Å². The van der Waals surface area contributed by atoms with Gasteiger partial charge in [0.25, 0.3) is 0 Å². The van der Waals surface area contributed by atoms with Crippen LogP contribution >= 0.6 is 0 Å². The van der Waals surface area contributed by atoms with Gasteiger partial charge in [-0.05, 0) is 174 Å². The highest BCUT2D eigenvalue weighted by Crippen LogP contribution is 2.59. The van der Waals surface area contributed by atoms with Crippen molar-refractivity contribution in [3.63, 3.8) is 0 Å². The monoisotopic (exact) mass is 889 g/mol. The summed E-state index contributed by atoms with van der Waals surface area (Å²) >= 11 is 0. The van der Waals surface area contributed by atoms with Crippen LogP contribution in [0.25, 0.3) is 0 Å². The second kappa shape index (κ2) is 30.5. The van der Waals surface area contributed by atoms with E-state index < -0.39 is 0 Å². The molecule has 4 nitrogen and oxygen atoms in total. The third kappa shape index (κ3) is 17.9. The zero-order valence-corrected chi connectivity index (χ0v) is 42.7. The normalized spacial score (nSPS) is 31.5. The molecular weight excluding hydrogens is 785 g/mol. The average molecular weight is 889 g/mol. The van der Waals surface area contributed by atoms with Gasteiger partial charge in [-0.25, -0.2) is 0 Å². The molecule has 4 heteroatoms. The van der Waals surface area contributed by atoms with Crippen molar-refractivity contribution in [2.24, 2.45) is 65.1 Å². The molecule has 6 aliphatic rings. The summed E-state index contributed by atoms with van der Waals surface area (Å²) in [5, 5.41) is 0. The molecule has 0 amide bonds. The molecule has 8 unspecified atom stereocenters. The molecule has 368 valence electrons. The van der Waals surface area contributed by atoms with Gasteiger partial charge in [0.05, 0.1) is 45.2 Å². The van der Waals surface area contributed by atoms with Crippen LogP contribution in [0.5, 0.6) is 0 Å². The maximum Gasteiger partial charge on any atom is 0.0812 e. The SMILES string of the molecule is CCCCC/C=C\C/C=C\CCCCCCCCOCC(CC1CCC2CCCC[C@H]2C1)OCCOCCO[C@H]1CCC2C(=CCC3C2CCC2C3CC[C@@H]2[C@H](C)CCCC(C)C)C1. The molecule has 12 atom stereocenters. The molecule has 6 rings (SSSR count). The van der Waals surface area contributed by atoms with Crippen LogP contribution in [-0.2, 0) is 18.9 Å². The van der Waals surface area contributed by atoms with Gasteiger partial charge in [0.2, 0.25) is 0 Å². The Kier molecular flexibility index (Phi) is 25.0. The summed E-state index contributed by atoms with van der Waals surface area (Å²) in [7, 11) is 0. The lowest BCUT2D eigenvalue weighted by Gasteiger charge is -2.50. The van der Waals surface area contributed by atoms with Crippen LogP contribution in [0.1, 0.15) is 227 Å². The van der Waals surface area contributed by atoms with Gasteiger partial charge in [0.15, 0.2) is 0 Å². The molecule has 5 fully saturated rings. The highest BCUT2D eigenvalue weighted by molar-refractivity contribution is 5.19. The molecule has 0 N–H and O–H groups in total. The molecular formula is C60H104O4. The van der Waals surface area contributed by atoms with E-state index in [9.17, 15) is 0 Å². The molecule has 0 spiro atoms. The van der Waals surface area contributed by atoms with Gasteiger partial charge < -0.3 is 18.9 Å². The van der Waals surface area contributed by atoms with Crippen LogP contribution in [0.4, 0.5) is 0 Å². The minimum absolute atomic E-state index is 0.196. The van der Waals surface area contributed by atoms with Gasteiger partial charge in [-0.3, -0.25) is 0 Å². The fourth-order valence-corrected chi connectivity index (χ4v) is 14.6. The highest BCUT2D eigenvalue weighted by Gasteiger charge is 2.50. The third-order valence-electron chi connectivity index (χ3n) is 18.1. The fraction of sp³-hybridized carbons (Fsp3) is 0.900. The van der Waals surface area contributed by atoms with E-state index in [1.165, 1.54) is 186 Å². The first-order valence-corrected chi connectivity index (χ1v) is 28.9. The van der Waals surface area contributed by atoms with E-state index in [4.69, 9.17) is 18.9 Å². The summed E-state index contributed by atoms with van der Waals surface area (Å²) in [6, 6.07) is 0. The van der Waals surface area contributed by atoms with Crippen molar-refractivity contribution < 1.29 is 18.9 Å². The van der Waals surface area contributed by atoms with Gasteiger partial charge in [-0.2, -0.15) is 0 Å². The van der Waals surface area contributed by atoms with Crippen LogP contribution in [0, 0.1) is 65.1 Å².